The quantitative estimate of drug-likeness (QED) is 0.837. The lowest BCUT2D eigenvalue weighted by molar-refractivity contribution is 0.397. The van der Waals surface area contributed by atoms with Crippen LogP contribution in [0.2, 0.25) is 0 Å². The zero-order valence-corrected chi connectivity index (χ0v) is 13.5. The molecule has 23 heavy (non-hydrogen) atoms. The Morgan fingerprint density at radius 2 is 1.96 bits per heavy atom. The molecule has 0 aromatic carbocycles. The summed E-state index contributed by atoms with van der Waals surface area (Å²) in [6.45, 7) is 3.24. The van der Waals surface area contributed by atoms with Crippen LogP contribution in [0.5, 0.6) is 5.88 Å². The fraction of sp³-hybridized carbons (Fsp3) is 0.467. The van der Waals surface area contributed by atoms with Crippen molar-refractivity contribution in [2.45, 2.75) is 19.8 Å². The van der Waals surface area contributed by atoms with Gasteiger partial charge in [0.25, 0.3) is 5.56 Å². The summed E-state index contributed by atoms with van der Waals surface area (Å²) >= 11 is 0. The Bertz CT molecular complexity index is 801. The molecule has 3 rings (SSSR count). The number of hydrogen-bond acceptors (Lipinski definition) is 7. The molecule has 8 heteroatoms. The number of aromatic nitrogens is 4. The molecule has 0 spiro atoms. The van der Waals surface area contributed by atoms with Gasteiger partial charge in [0.05, 0.1) is 12.8 Å². The number of aryl methyl sites for hydroxylation is 1. The minimum Gasteiger partial charge on any atom is -0.481 e. The Morgan fingerprint density at radius 1 is 1.22 bits per heavy atom. The van der Waals surface area contributed by atoms with E-state index in [1.165, 1.54) is 0 Å². The van der Waals surface area contributed by atoms with Gasteiger partial charge in [0.2, 0.25) is 11.8 Å². The molecule has 0 radical (unpaired) electrons. The first-order valence-corrected chi connectivity index (χ1v) is 7.48. The van der Waals surface area contributed by atoms with E-state index in [-0.39, 0.29) is 11.5 Å². The molecule has 2 N–H and O–H groups in total. The Hall–Kier alpha value is -2.64. The minimum absolute atomic E-state index is 0.0362. The average Bonchev–Trinajstić information content (AvgIpc) is 2.75. The molecule has 122 valence electrons. The molecule has 0 saturated carbocycles. The van der Waals surface area contributed by atoms with Crippen LogP contribution < -0.4 is 20.9 Å². The van der Waals surface area contributed by atoms with Crippen molar-refractivity contribution in [2.24, 2.45) is 7.05 Å². The van der Waals surface area contributed by atoms with Gasteiger partial charge >= 0.3 is 0 Å². The second-order valence-corrected chi connectivity index (χ2v) is 5.56. The SMILES string of the molecule is COc1cc(N2CCc3nc(C)n(C)c(=O)c3CC2)nc(N)n1. The number of nitrogen functional groups attached to an aromatic ring is 1. The lowest BCUT2D eigenvalue weighted by Crippen LogP contribution is -2.28. The van der Waals surface area contributed by atoms with Crippen LogP contribution in [-0.2, 0) is 19.9 Å². The molecule has 3 heterocycles. The molecule has 2 aromatic heterocycles. The van der Waals surface area contributed by atoms with Gasteiger partial charge in [0, 0.05) is 38.2 Å². The van der Waals surface area contributed by atoms with Crippen molar-refractivity contribution < 1.29 is 4.74 Å². The number of fused-ring (bicyclic) bond motifs is 1. The first-order chi connectivity index (χ1) is 11.0. The molecular formula is C15H20N6O2. The highest BCUT2D eigenvalue weighted by Crippen LogP contribution is 2.21. The van der Waals surface area contributed by atoms with Crippen LogP contribution in [0.25, 0.3) is 0 Å². The number of anilines is 2. The summed E-state index contributed by atoms with van der Waals surface area (Å²) in [5, 5.41) is 0. The number of nitrogens with two attached hydrogens (primary N) is 1. The Morgan fingerprint density at radius 3 is 2.70 bits per heavy atom. The topological polar surface area (TPSA) is 99.2 Å². The fourth-order valence-corrected chi connectivity index (χ4v) is 2.79. The summed E-state index contributed by atoms with van der Waals surface area (Å²) in [6.07, 6.45) is 1.32. The Kier molecular flexibility index (Phi) is 3.89. The Labute approximate surface area is 134 Å². The first-order valence-electron chi connectivity index (χ1n) is 7.48. The van der Waals surface area contributed by atoms with E-state index in [1.807, 2.05) is 6.92 Å². The van der Waals surface area contributed by atoms with Crippen LogP contribution >= 0.6 is 0 Å². The summed E-state index contributed by atoms with van der Waals surface area (Å²) in [4.78, 5) is 27.3. The minimum atomic E-state index is 0.0362. The summed E-state index contributed by atoms with van der Waals surface area (Å²) in [5.74, 6) is 2.04. The largest absolute Gasteiger partial charge is 0.481 e. The van der Waals surface area contributed by atoms with E-state index >= 15 is 0 Å². The zero-order chi connectivity index (χ0) is 16.6. The average molecular weight is 316 g/mol. The Balaban J connectivity index is 1.92. The van der Waals surface area contributed by atoms with E-state index in [4.69, 9.17) is 10.5 Å². The number of hydrogen-bond donors (Lipinski definition) is 1. The van der Waals surface area contributed by atoms with Gasteiger partial charge in [-0.2, -0.15) is 9.97 Å². The highest BCUT2D eigenvalue weighted by molar-refractivity contribution is 5.46. The maximum atomic E-state index is 12.4. The van der Waals surface area contributed by atoms with E-state index in [1.54, 1.807) is 24.8 Å². The summed E-state index contributed by atoms with van der Waals surface area (Å²) in [5.41, 5.74) is 7.43. The molecule has 0 bridgehead atoms. The van der Waals surface area contributed by atoms with Gasteiger partial charge in [-0.3, -0.25) is 9.36 Å². The highest BCUT2D eigenvalue weighted by Gasteiger charge is 2.21. The lowest BCUT2D eigenvalue weighted by atomic mass is 10.1. The van der Waals surface area contributed by atoms with Gasteiger partial charge in [0.15, 0.2) is 0 Å². The summed E-state index contributed by atoms with van der Waals surface area (Å²) in [7, 11) is 3.30. The molecule has 1 aliphatic rings. The van der Waals surface area contributed by atoms with Crippen molar-refractivity contribution in [3.63, 3.8) is 0 Å². The fourth-order valence-electron chi connectivity index (χ4n) is 2.79. The van der Waals surface area contributed by atoms with E-state index in [0.29, 0.717) is 37.6 Å². The van der Waals surface area contributed by atoms with Crippen LogP contribution in [0.3, 0.4) is 0 Å². The normalized spacial score (nSPS) is 14.3. The van der Waals surface area contributed by atoms with E-state index < -0.39 is 0 Å². The zero-order valence-electron chi connectivity index (χ0n) is 13.5. The van der Waals surface area contributed by atoms with Crippen molar-refractivity contribution >= 4 is 11.8 Å². The molecule has 8 nitrogen and oxygen atoms in total. The monoisotopic (exact) mass is 316 g/mol. The van der Waals surface area contributed by atoms with Gasteiger partial charge in [-0.05, 0) is 13.3 Å². The molecular weight excluding hydrogens is 296 g/mol. The van der Waals surface area contributed by atoms with Crippen molar-refractivity contribution in [2.75, 3.05) is 30.8 Å². The summed E-state index contributed by atoms with van der Waals surface area (Å²) < 4.78 is 6.74. The van der Waals surface area contributed by atoms with Crippen LogP contribution in [0.4, 0.5) is 11.8 Å². The summed E-state index contributed by atoms with van der Waals surface area (Å²) in [6, 6.07) is 1.75. The standard InChI is InChI=1S/C15H20N6O2/c1-9-17-11-5-7-21(6-4-10(11)14(22)20(9)2)12-8-13(23-3)19-15(16)18-12/h8H,4-7H2,1-3H3,(H2,16,18,19). The molecule has 0 fully saturated rings. The number of methoxy groups -OCH3 is 1. The van der Waals surface area contributed by atoms with Gasteiger partial charge < -0.3 is 15.4 Å². The van der Waals surface area contributed by atoms with Crippen molar-refractivity contribution in [1.29, 1.82) is 0 Å². The second kappa shape index (κ2) is 5.86. The van der Waals surface area contributed by atoms with Crippen LogP contribution in [0, 0.1) is 6.92 Å². The molecule has 0 saturated heterocycles. The molecule has 0 amide bonds. The molecule has 0 atom stereocenters. The van der Waals surface area contributed by atoms with Gasteiger partial charge in [-0.15, -0.1) is 0 Å². The molecule has 1 aliphatic heterocycles. The van der Waals surface area contributed by atoms with Gasteiger partial charge in [-0.25, -0.2) is 4.98 Å². The lowest BCUT2D eigenvalue weighted by Gasteiger charge is -2.21. The second-order valence-electron chi connectivity index (χ2n) is 5.56. The number of rotatable bonds is 2. The molecule has 2 aromatic rings. The maximum Gasteiger partial charge on any atom is 0.256 e. The third-order valence-corrected chi connectivity index (χ3v) is 4.18. The van der Waals surface area contributed by atoms with E-state index in [9.17, 15) is 4.79 Å². The first kappa shape index (κ1) is 15.3. The smallest absolute Gasteiger partial charge is 0.256 e. The van der Waals surface area contributed by atoms with Crippen LogP contribution in [0.15, 0.2) is 10.9 Å². The third-order valence-electron chi connectivity index (χ3n) is 4.18. The van der Waals surface area contributed by atoms with E-state index in [2.05, 4.69) is 19.9 Å². The van der Waals surface area contributed by atoms with Crippen LogP contribution in [-0.4, -0.2) is 39.7 Å². The van der Waals surface area contributed by atoms with Crippen LogP contribution in [0.1, 0.15) is 17.1 Å². The predicted molar refractivity (Wildman–Crippen MR) is 86.8 cm³/mol. The van der Waals surface area contributed by atoms with Crippen molar-refractivity contribution in [3.8, 4) is 5.88 Å². The predicted octanol–water partition coefficient (Wildman–Crippen LogP) is 0.0747. The molecule has 0 unspecified atom stereocenters. The number of nitrogens with zero attached hydrogens (tertiary/aromatic N) is 5. The van der Waals surface area contributed by atoms with Crippen molar-refractivity contribution in [1.82, 2.24) is 19.5 Å². The van der Waals surface area contributed by atoms with Gasteiger partial charge in [0.1, 0.15) is 11.6 Å². The highest BCUT2D eigenvalue weighted by atomic mass is 16.5. The van der Waals surface area contributed by atoms with E-state index in [0.717, 1.165) is 17.1 Å². The van der Waals surface area contributed by atoms with Crippen molar-refractivity contribution in [3.05, 3.63) is 33.5 Å². The number of ether oxygens (including phenoxy) is 1. The third kappa shape index (κ3) is 2.84. The van der Waals surface area contributed by atoms with Gasteiger partial charge in [-0.1, -0.05) is 0 Å². The molecule has 0 aliphatic carbocycles. The maximum absolute atomic E-state index is 12.4.